The van der Waals surface area contributed by atoms with Crippen LogP contribution in [0.3, 0.4) is 0 Å². The van der Waals surface area contributed by atoms with Gasteiger partial charge < -0.3 is 15.5 Å². The second-order valence-corrected chi connectivity index (χ2v) is 7.23. The standard InChI is InChI=1S/C19H24ClN5O2.ClH/c1-13(14(2)21)18(26)24-10-8-23(9-11-24)16-12-22-25(19(27)17(16)20)15-6-4-3-5-7-15;/h3-7,12-14H,8-11,21H2,1-2H3;1H. The molecule has 2 heterocycles. The van der Waals surface area contributed by atoms with Gasteiger partial charge in [0.05, 0.1) is 23.5 Å². The third kappa shape index (κ3) is 4.48. The average Bonchev–Trinajstić information content (AvgIpc) is 2.69. The quantitative estimate of drug-likeness (QED) is 0.808. The molecule has 0 saturated carbocycles. The van der Waals surface area contributed by atoms with E-state index in [4.69, 9.17) is 17.3 Å². The predicted molar refractivity (Wildman–Crippen MR) is 114 cm³/mol. The normalized spacial score (nSPS) is 16.3. The number of rotatable bonds is 4. The summed E-state index contributed by atoms with van der Waals surface area (Å²) in [5, 5.41) is 4.41. The molecular formula is C19H25Cl2N5O2. The maximum Gasteiger partial charge on any atom is 0.292 e. The number of piperazine rings is 1. The van der Waals surface area contributed by atoms with Crippen molar-refractivity contribution >= 4 is 35.6 Å². The van der Waals surface area contributed by atoms with Crippen molar-refractivity contribution in [3.63, 3.8) is 0 Å². The molecule has 0 aliphatic carbocycles. The monoisotopic (exact) mass is 425 g/mol. The molecule has 1 fully saturated rings. The van der Waals surface area contributed by atoms with E-state index in [0.717, 1.165) is 0 Å². The fraction of sp³-hybridized carbons (Fsp3) is 0.421. The van der Waals surface area contributed by atoms with Crippen LogP contribution < -0.4 is 16.2 Å². The van der Waals surface area contributed by atoms with E-state index in [1.54, 1.807) is 18.3 Å². The molecule has 2 atom stereocenters. The zero-order chi connectivity index (χ0) is 19.6. The predicted octanol–water partition coefficient (Wildman–Crippen LogP) is 1.94. The number of para-hydroxylation sites is 1. The molecule has 0 radical (unpaired) electrons. The minimum atomic E-state index is -0.357. The number of nitrogens with zero attached hydrogens (tertiary/aromatic N) is 4. The number of aromatic nitrogens is 2. The van der Waals surface area contributed by atoms with Crippen LogP contribution in [0.15, 0.2) is 41.3 Å². The van der Waals surface area contributed by atoms with E-state index in [0.29, 0.717) is 37.6 Å². The van der Waals surface area contributed by atoms with Crippen LogP contribution >= 0.6 is 24.0 Å². The molecule has 1 aromatic heterocycles. The van der Waals surface area contributed by atoms with Gasteiger partial charge in [0.2, 0.25) is 5.91 Å². The average molecular weight is 426 g/mol. The minimum Gasteiger partial charge on any atom is -0.365 e. The lowest BCUT2D eigenvalue weighted by Crippen LogP contribution is -2.52. The Morgan fingerprint density at radius 1 is 1.14 bits per heavy atom. The summed E-state index contributed by atoms with van der Waals surface area (Å²) >= 11 is 6.36. The van der Waals surface area contributed by atoms with Gasteiger partial charge in [-0.2, -0.15) is 9.78 Å². The van der Waals surface area contributed by atoms with Gasteiger partial charge in [0.25, 0.3) is 5.56 Å². The molecular weight excluding hydrogens is 401 g/mol. The van der Waals surface area contributed by atoms with Gasteiger partial charge >= 0.3 is 0 Å². The van der Waals surface area contributed by atoms with Crippen LogP contribution in [0.25, 0.3) is 5.69 Å². The van der Waals surface area contributed by atoms with Gasteiger partial charge in [-0.25, -0.2) is 0 Å². The first-order chi connectivity index (χ1) is 12.9. The number of hydrogen-bond acceptors (Lipinski definition) is 5. The first kappa shape index (κ1) is 22.2. The maximum atomic E-state index is 12.6. The highest BCUT2D eigenvalue weighted by molar-refractivity contribution is 6.33. The zero-order valence-corrected chi connectivity index (χ0v) is 17.5. The van der Waals surface area contributed by atoms with E-state index in [-0.39, 0.29) is 40.9 Å². The number of nitrogens with two attached hydrogens (primary N) is 1. The lowest BCUT2D eigenvalue weighted by atomic mass is 10.0. The van der Waals surface area contributed by atoms with E-state index in [1.807, 2.05) is 41.8 Å². The molecule has 9 heteroatoms. The Labute approximate surface area is 175 Å². The van der Waals surface area contributed by atoms with Crippen molar-refractivity contribution in [1.29, 1.82) is 0 Å². The molecule has 1 aromatic carbocycles. The van der Waals surface area contributed by atoms with E-state index >= 15 is 0 Å². The number of carbonyl (C=O) groups is 1. The van der Waals surface area contributed by atoms with Gasteiger partial charge in [0.1, 0.15) is 5.02 Å². The number of halogens is 2. The second-order valence-electron chi connectivity index (χ2n) is 6.86. The van der Waals surface area contributed by atoms with Crippen LogP contribution in [0.4, 0.5) is 5.69 Å². The van der Waals surface area contributed by atoms with Crippen LogP contribution in [0, 0.1) is 5.92 Å². The number of amides is 1. The molecule has 0 spiro atoms. The highest BCUT2D eigenvalue weighted by Gasteiger charge is 2.28. The zero-order valence-electron chi connectivity index (χ0n) is 15.9. The highest BCUT2D eigenvalue weighted by Crippen LogP contribution is 2.23. The summed E-state index contributed by atoms with van der Waals surface area (Å²) in [4.78, 5) is 28.9. The van der Waals surface area contributed by atoms with Crippen LogP contribution in [0.5, 0.6) is 0 Å². The van der Waals surface area contributed by atoms with Crippen molar-refractivity contribution in [3.05, 3.63) is 51.9 Å². The SMILES string of the molecule is CC(N)C(C)C(=O)N1CCN(c2cnn(-c3ccccc3)c(=O)c2Cl)CC1.Cl. The molecule has 1 aliphatic rings. The molecule has 0 bridgehead atoms. The fourth-order valence-corrected chi connectivity index (χ4v) is 3.33. The molecule has 2 N–H and O–H groups in total. The first-order valence-corrected chi connectivity index (χ1v) is 9.40. The Morgan fingerprint density at radius 3 is 2.32 bits per heavy atom. The van der Waals surface area contributed by atoms with Crippen molar-refractivity contribution in [2.45, 2.75) is 19.9 Å². The Bertz CT molecular complexity index is 864. The van der Waals surface area contributed by atoms with Gasteiger partial charge in [-0.1, -0.05) is 36.7 Å². The van der Waals surface area contributed by atoms with Crippen molar-refractivity contribution in [2.24, 2.45) is 11.7 Å². The lowest BCUT2D eigenvalue weighted by Gasteiger charge is -2.37. The molecule has 1 aliphatic heterocycles. The van der Waals surface area contributed by atoms with Crippen molar-refractivity contribution in [3.8, 4) is 5.69 Å². The summed E-state index contributed by atoms with van der Waals surface area (Å²) in [6.45, 7) is 6.00. The van der Waals surface area contributed by atoms with E-state index < -0.39 is 0 Å². The van der Waals surface area contributed by atoms with E-state index in [1.165, 1.54) is 4.68 Å². The molecule has 1 amide bonds. The van der Waals surface area contributed by atoms with Crippen LogP contribution in [-0.4, -0.2) is 52.8 Å². The van der Waals surface area contributed by atoms with Gasteiger partial charge in [-0.3, -0.25) is 9.59 Å². The van der Waals surface area contributed by atoms with Gasteiger partial charge in [-0.15, -0.1) is 12.4 Å². The molecule has 2 unspecified atom stereocenters. The number of carbonyl (C=O) groups excluding carboxylic acids is 1. The Hall–Kier alpha value is -2.09. The van der Waals surface area contributed by atoms with Crippen molar-refractivity contribution in [1.82, 2.24) is 14.7 Å². The topological polar surface area (TPSA) is 84.5 Å². The van der Waals surface area contributed by atoms with Crippen LogP contribution in [0.2, 0.25) is 5.02 Å². The third-order valence-corrected chi connectivity index (χ3v) is 5.37. The molecule has 152 valence electrons. The van der Waals surface area contributed by atoms with E-state index in [9.17, 15) is 9.59 Å². The van der Waals surface area contributed by atoms with Crippen molar-refractivity contribution < 1.29 is 4.79 Å². The summed E-state index contributed by atoms with van der Waals surface area (Å²) in [6.07, 6.45) is 1.61. The summed E-state index contributed by atoms with van der Waals surface area (Å²) in [5.41, 5.74) is 6.74. The first-order valence-electron chi connectivity index (χ1n) is 9.02. The minimum absolute atomic E-state index is 0. The lowest BCUT2D eigenvalue weighted by molar-refractivity contribution is -0.135. The smallest absolute Gasteiger partial charge is 0.292 e. The highest BCUT2D eigenvalue weighted by atomic mass is 35.5. The molecule has 3 rings (SSSR count). The largest absolute Gasteiger partial charge is 0.365 e. The van der Waals surface area contributed by atoms with Crippen LogP contribution in [0.1, 0.15) is 13.8 Å². The number of benzene rings is 1. The third-order valence-electron chi connectivity index (χ3n) is 5.01. The summed E-state index contributed by atoms with van der Waals surface area (Å²) < 4.78 is 1.29. The van der Waals surface area contributed by atoms with Gasteiger partial charge in [-0.05, 0) is 19.1 Å². The Balaban J connectivity index is 0.00000280. The summed E-state index contributed by atoms with van der Waals surface area (Å²) in [7, 11) is 0. The van der Waals surface area contributed by atoms with Crippen LogP contribution in [-0.2, 0) is 4.79 Å². The Morgan fingerprint density at radius 2 is 1.75 bits per heavy atom. The fourth-order valence-electron chi connectivity index (χ4n) is 3.08. The van der Waals surface area contributed by atoms with Gasteiger partial charge in [0.15, 0.2) is 0 Å². The van der Waals surface area contributed by atoms with Gasteiger partial charge in [0, 0.05) is 32.2 Å². The summed E-state index contributed by atoms with van der Waals surface area (Å²) in [5.74, 6) is -0.148. The molecule has 7 nitrogen and oxygen atoms in total. The molecule has 2 aromatic rings. The molecule has 1 saturated heterocycles. The van der Waals surface area contributed by atoms with Crippen molar-refractivity contribution in [2.75, 3.05) is 31.1 Å². The summed E-state index contributed by atoms with van der Waals surface area (Å²) in [6, 6.07) is 8.97. The Kier molecular flexibility index (Phi) is 7.46. The second kappa shape index (κ2) is 9.41. The maximum absolute atomic E-state index is 12.6. The van der Waals surface area contributed by atoms with E-state index in [2.05, 4.69) is 5.10 Å². The number of hydrogen-bond donors (Lipinski definition) is 1. The number of anilines is 1. The molecule has 28 heavy (non-hydrogen) atoms.